The maximum absolute atomic E-state index is 9.24. The molecule has 2 aromatic carbocycles. The molecule has 26 heavy (non-hydrogen) atoms. The van der Waals surface area contributed by atoms with Crippen LogP contribution in [0.4, 0.5) is 5.69 Å². The first-order valence-corrected chi connectivity index (χ1v) is 8.57. The van der Waals surface area contributed by atoms with Crippen LogP contribution in [0.25, 0.3) is 0 Å². The quantitative estimate of drug-likeness (QED) is 0.727. The Kier molecular flexibility index (Phi) is 4.38. The van der Waals surface area contributed by atoms with Gasteiger partial charge in [0, 0.05) is 12.2 Å². The average molecular weight is 345 g/mol. The molecule has 1 atom stereocenters. The molecule has 0 N–H and O–H groups in total. The van der Waals surface area contributed by atoms with Crippen LogP contribution in [0.1, 0.15) is 28.6 Å². The summed E-state index contributed by atoms with van der Waals surface area (Å²) in [6.45, 7) is 4.06. The van der Waals surface area contributed by atoms with Crippen molar-refractivity contribution in [2.75, 3.05) is 18.1 Å². The van der Waals surface area contributed by atoms with E-state index in [1.807, 2.05) is 30.5 Å². The highest BCUT2D eigenvalue weighted by molar-refractivity contribution is 5.50. The third-order valence-corrected chi connectivity index (χ3v) is 4.50. The lowest BCUT2D eigenvalue weighted by molar-refractivity contribution is 0.110. The number of nitrogens with zero attached hydrogens (tertiary/aromatic N) is 5. The Morgan fingerprint density at radius 1 is 1.23 bits per heavy atom. The second kappa shape index (κ2) is 6.98. The first-order chi connectivity index (χ1) is 12.7. The minimum atomic E-state index is -0.239. The Labute approximate surface area is 152 Å². The molecule has 0 bridgehead atoms. The summed E-state index contributed by atoms with van der Waals surface area (Å²) in [5.41, 5.74) is 4.69. The van der Waals surface area contributed by atoms with E-state index >= 15 is 0 Å². The number of aromatic nitrogens is 3. The van der Waals surface area contributed by atoms with Crippen LogP contribution >= 0.6 is 0 Å². The largest absolute Gasteiger partial charge is 0.350 e. The van der Waals surface area contributed by atoms with Gasteiger partial charge >= 0.3 is 0 Å². The van der Waals surface area contributed by atoms with E-state index in [0.717, 1.165) is 23.5 Å². The number of nitriles is 1. The molecule has 130 valence electrons. The van der Waals surface area contributed by atoms with Crippen LogP contribution in [0.15, 0.2) is 54.7 Å². The molecule has 0 radical (unpaired) electrons. The fourth-order valence-corrected chi connectivity index (χ4v) is 3.23. The van der Waals surface area contributed by atoms with Crippen molar-refractivity contribution >= 4 is 5.69 Å². The van der Waals surface area contributed by atoms with Gasteiger partial charge in [-0.25, -0.2) is 4.68 Å². The maximum atomic E-state index is 9.24. The zero-order chi connectivity index (χ0) is 17.9. The molecule has 3 aromatic rings. The standard InChI is InChI=1S/C20H19N5O/c1-15-5-4-8-18(11-15)25-9-10-26-20(25)19-14-24(23-22-19)13-17-7-3-2-6-16(17)12-21/h2-8,11,14,20H,9-10,13H2,1H3/t20-/m1/s1. The molecular formula is C20H19N5O. The van der Waals surface area contributed by atoms with Crippen molar-refractivity contribution in [2.45, 2.75) is 19.7 Å². The van der Waals surface area contributed by atoms with E-state index in [-0.39, 0.29) is 6.23 Å². The van der Waals surface area contributed by atoms with Crippen LogP contribution in [0.5, 0.6) is 0 Å². The van der Waals surface area contributed by atoms with Crippen molar-refractivity contribution in [1.82, 2.24) is 15.0 Å². The molecule has 2 heterocycles. The second-order valence-electron chi connectivity index (χ2n) is 6.37. The third kappa shape index (κ3) is 3.17. The summed E-state index contributed by atoms with van der Waals surface area (Å²) < 4.78 is 7.66. The van der Waals surface area contributed by atoms with E-state index in [1.54, 1.807) is 4.68 Å². The van der Waals surface area contributed by atoms with Crippen LogP contribution in [0.2, 0.25) is 0 Å². The van der Waals surface area contributed by atoms with Gasteiger partial charge in [-0.05, 0) is 36.2 Å². The number of hydrogen-bond acceptors (Lipinski definition) is 5. The molecule has 1 aliphatic heterocycles. The summed E-state index contributed by atoms with van der Waals surface area (Å²) in [6.07, 6.45) is 1.66. The van der Waals surface area contributed by atoms with Gasteiger partial charge in [0.15, 0.2) is 6.23 Å². The second-order valence-corrected chi connectivity index (χ2v) is 6.37. The monoisotopic (exact) mass is 345 g/mol. The fraction of sp³-hybridized carbons (Fsp3) is 0.250. The highest BCUT2D eigenvalue weighted by Crippen LogP contribution is 2.31. The van der Waals surface area contributed by atoms with Gasteiger partial charge < -0.3 is 9.64 Å². The van der Waals surface area contributed by atoms with Gasteiger partial charge in [-0.3, -0.25) is 0 Å². The Morgan fingerprint density at radius 3 is 2.96 bits per heavy atom. The predicted octanol–water partition coefficient (Wildman–Crippen LogP) is 3.04. The Bertz CT molecular complexity index is 959. The van der Waals surface area contributed by atoms with Crippen LogP contribution in [-0.4, -0.2) is 28.1 Å². The summed E-state index contributed by atoms with van der Waals surface area (Å²) in [6, 6.07) is 18.1. The molecule has 1 fully saturated rings. The molecule has 4 rings (SSSR count). The highest BCUT2D eigenvalue weighted by atomic mass is 16.5. The lowest BCUT2D eigenvalue weighted by atomic mass is 10.1. The van der Waals surface area contributed by atoms with Crippen molar-refractivity contribution in [3.8, 4) is 6.07 Å². The zero-order valence-corrected chi connectivity index (χ0v) is 14.5. The van der Waals surface area contributed by atoms with Crippen molar-refractivity contribution in [3.63, 3.8) is 0 Å². The molecule has 6 heteroatoms. The van der Waals surface area contributed by atoms with Gasteiger partial charge in [-0.1, -0.05) is 35.5 Å². The third-order valence-electron chi connectivity index (χ3n) is 4.50. The molecule has 1 aromatic heterocycles. The van der Waals surface area contributed by atoms with E-state index in [4.69, 9.17) is 4.74 Å². The Balaban J connectivity index is 1.56. The lowest BCUT2D eigenvalue weighted by Gasteiger charge is -2.23. The zero-order valence-electron chi connectivity index (χ0n) is 14.5. The molecule has 0 spiro atoms. The van der Waals surface area contributed by atoms with E-state index < -0.39 is 0 Å². The van der Waals surface area contributed by atoms with Crippen molar-refractivity contribution in [1.29, 1.82) is 5.26 Å². The van der Waals surface area contributed by atoms with E-state index in [9.17, 15) is 5.26 Å². The minimum absolute atomic E-state index is 0.239. The lowest BCUT2D eigenvalue weighted by Crippen LogP contribution is -2.23. The van der Waals surface area contributed by atoms with Gasteiger partial charge in [0.1, 0.15) is 5.69 Å². The van der Waals surface area contributed by atoms with Crippen molar-refractivity contribution < 1.29 is 4.74 Å². The van der Waals surface area contributed by atoms with Crippen LogP contribution in [0.3, 0.4) is 0 Å². The molecule has 1 aliphatic rings. The fourth-order valence-electron chi connectivity index (χ4n) is 3.23. The Hall–Kier alpha value is -3.17. The maximum Gasteiger partial charge on any atom is 0.177 e. The van der Waals surface area contributed by atoms with Crippen molar-refractivity contribution in [2.24, 2.45) is 0 Å². The molecule has 6 nitrogen and oxygen atoms in total. The number of aryl methyl sites for hydroxylation is 1. The summed E-state index contributed by atoms with van der Waals surface area (Å²) in [7, 11) is 0. The summed E-state index contributed by atoms with van der Waals surface area (Å²) >= 11 is 0. The number of ether oxygens (including phenoxy) is 1. The summed E-state index contributed by atoms with van der Waals surface area (Å²) in [5, 5.41) is 17.8. The molecule has 1 saturated heterocycles. The van der Waals surface area contributed by atoms with E-state index in [2.05, 4.69) is 52.5 Å². The minimum Gasteiger partial charge on any atom is -0.350 e. The molecular weight excluding hydrogens is 326 g/mol. The predicted molar refractivity (Wildman–Crippen MR) is 97.5 cm³/mol. The number of anilines is 1. The Morgan fingerprint density at radius 2 is 2.12 bits per heavy atom. The van der Waals surface area contributed by atoms with Gasteiger partial charge in [0.05, 0.1) is 31.0 Å². The first kappa shape index (κ1) is 16.3. The normalized spacial score (nSPS) is 16.6. The van der Waals surface area contributed by atoms with Crippen LogP contribution in [-0.2, 0) is 11.3 Å². The molecule has 0 amide bonds. The molecule has 0 saturated carbocycles. The summed E-state index contributed by atoms with van der Waals surface area (Å²) in [4.78, 5) is 2.20. The van der Waals surface area contributed by atoms with Gasteiger partial charge in [0.25, 0.3) is 0 Å². The van der Waals surface area contributed by atoms with Gasteiger partial charge in [-0.15, -0.1) is 5.10 Å². The molecule has 0 unspecified atom stereocenters. The topological polar surface area (TPSA) is 67.0 Å². The van der Waals surface area contributed by atoms with Gasteiger partial charge in [0.2, 0.25) is 0 Å². The van der Waals surface area contributed by atoms with Crippen LogP contribution in [0, 0.1) is 18.3 Å². The van der Waals surface area contributed by atoms with Gasteiger partial charge in [-0.2, -0.15) is 5.26 Å². The molecule has 0 aliphatic carbocycles. The van der Waals surface area contributed by atoms with Crippen LogP contribution < -0.4 is 4.90 Å². The SMILES string of the molecule is Cc1cccc(N2CCO[C@@H]2c2cn(Cc3ccccc3C#N)nn2)c1. The average Bonchev–Trinajstić information content (AvgIpc) is 3.31. The number of rotatable bonds is 4. The van der Waals surface area contributed by atoms with Crippen molar-refractivity contribution in [3.05, 3.63) is 77.1 Å². The number of benzene rings is 2. The number of hydrogen-bond donors (Lipinski definition) is 0. The van der Waals surface area contributed by atoms with E-state index in [1.165, 1.54) is 5.56 Å². The first-order valence-electron chi connectivity index (χ1n) is 8.57. The summed E-state index contributed by atoms with van der Waals surface area (Å²) in [5.74, 6) is 0. The van der Waals surface area contributed by atoms with E-state index in [0.29, 0.717) is 18.7 Å². The smallest absolute Gasteiger partial charge is 0.177 e. The highest BCUT2D eigenvalue weighted by Gasteiger charge is 2.29.